The van der Waals surface area contributed by atoms with Crippen LogP contribution < -0.4 is 15.8 Å². The van der Waals surface area contributed by atoms with Gasteiger partial charge in [-0.05, 0) is 26.0 Å². The molecule has 17 heavy (non-hydrogen) atoms. The van der Waals surface area contributed by atoms with Crippen LogP contribution in [-0.2, 0) is 4.79 Å². The quantitative estimate of drug-likeness (QED) is 0.691. The Hall–Kier alpha value is -1.75. The van der Waals surface area contributed by atoms with Gasteiger partial charge < -0.3 is 20.9 Å². The molecule has 0 saturated carbocycles. The zero-order chi connectivity index (χ0) is 13.1. The van der Waals surface area contributed by atoms with E-state index in [1.807, 2.05) is 0 Å². The number of nitrogens with one attached hydrogen (secondary N) is 1. The van der Waals surface area contributed by atoms with Gasteiger partial charge in [-0.3, -0.25) is 4.79 Å². The minimum atomic E-state index is -0.674. The van der Waals surface area contributed by atoms with Crippen LogP contribution in [0.25, 0.3) is 0 Å². The largest absolute Gasteiger partial charge is 0.506 e. The van der Waals surface area contributed by atoms with Crippen molar-refractivity contribution in [2.24, 2.45) is 11.1 Å². The number of anilines is 1. The van der Waals surface area contributed by atoms with E-state index in [0.29, 0.717) is 11.4 Å². The van der Waals surface area contributed by atoms with Gasteiger partial charge in [0.1, 0.15) is 11.5 Å². The van der Waals surface area contributed by atoms with E-state index in [2.05, 4.69) is 5.32 Å². The first-order chi connectivity index (χ1) is 7.90. The first-order valence-corrected chi connectivity index (χ1v) is 5.29. The Bertz CT molecular complexity index is 416. The number of phenols is 1. The number of carbonyl (C=O) groups is 1. The van der Waals surface area contributed by atoms with Crippen molar-refractivity contribution in [2.45, 2.75) is 13.8 Å². The molecule has 94 valence electrons. The summed E-state index contributed by atoms with van der Waals surface area (Å²) in [5.41, 5.74) is 5.17. The summed E-state index contributed by atoms with van der Waals surface area (Å²) in [5, 5.41) is 12.3. The molecule has 0 unspecified atom stereocenters. The average Bonchev–Trinajstić information content (AvgIpc) is 2.31. The highest BCUT2D eigenvalue weighted by atomic mass is 16.5. The van der Waals surface area contributed by atoms with Crippen molar-refractivity contribution in [3.63, 3.8) is 0 Å². The van der Waals surface area contributed by atoms with Crippen LogP contribution in [0.15, 0.2) is 18.2 Å². The van der Waals surface area contributed by atoms with Gasteiger partial charge in [0, 0.05) is 12.6 Å². The van der Waals surface area contributed by atoms with Gasteiger partial charge in [0.2, 0.25) is 5.91 Å². The predicted molar refractivity (Wildman–Crippen MR) is 66.1 cm³/mol. The van der Waals surface area contributed by atoms with Crippen molar-refractivity contribution < 1.29 is 14.6 Å². The van der Waals surface area contributed by atoms with E-state index >= 15 is 0 Å². The summed E-state index contributed by atoms with van der Waals surface area (Å²) >= 11 is 0. The molecule has 0 aliphatic carbocycles. The zero-order valence-electron chi connectivity index (χ0n) is 10.3. The van der Waals surface area contributed by atoms with Gasteiger partial charge in [0.05, 0.1) is 18.2 Å². The van der Waals surface area contributed by atoms with Crippen LogP contribution in [0.5, 0.6) is 11.5 Å². The first-order valence-electron chi connectivity index (χ1n) is 5.29. The van der Waals surface area contributed by atoms with Crippen molar-refractivity contribution in [2.75, 3.05) is 19.0 Å². The molecule has 5 nitrogen and oxygen atoms in total. The molecular weight excluding hydrogens is 220 g/mol. The third kappa shape index (κ3) is 3.10. The highest BCUT2D eigenvalue weighted by Crippen LogP contribution is 2.29. The smallest absolute Gasteiger partial charge is 0.231 e. The maximum Gasteiger partial charge on any atom is 0.231 e. The van der Waals surface area contributed by atoms with Crippen LogP contribution in [-0.4, -0.2) is 24.7 Å². The van der Waals surface area contributed by atoms with Crippen LogP contribution in [0.2, 0.25) is 0 Å². The van der Waals surface area contributed by atoms with E-state index in [-0.39, 0.29) is 18.2 Å². The number of hydrogen-bond donors (Lipinski definition) is 3. The topological polar surface area (TPSA) is 84.6 Å². The number of carbonyl (C=O) groups excluding carboxylic acids is 1. The second kappa shape index (κ2) is 5.05. The Morgan fingerprint density at radius 2 is 2.18 bits per heavy atom. The maximum absolute atomic E-state index is 11.8. The minimum Gasteiger partial charge on any atom is -0.506 e. The van der Waals surface area contributed by atoms with Crippen LogP contribution in [0.1, 0.15) is 13.8 Å². The molecule has 0 bridgehead atoms. The molecule has 0 aliphatic rings. The number of hydrogen-bond acceptors (Lipinski definition) is 4. The van der Waals surface area contributed by atoms with E-state index in [0.717, 1.165) is 0 Å². The zero-order valence-corrected chi connectivity index (χ0v) is 10.3. The summed E-state index contributed by atoms with van der Waals surface area (Å²) in [6.45, 7) is 3.71. The van der Waals surface area contributed by atoms with Gasteiger partial charge >= 0.3 is 0 Å². The van der Waals surface area contributed by atoms with Gasteiger partial charge in [-0.15, -0.1) is 0 Å². The van der Waals surface area contributed by atoms with Crippen LogP contribution >= 0.6 is 0 Å². The molecule has 1 aromatic rings. The lowest BCUT2D eigenvalue weighted by molar-refractivity contribution is -0.123. The van der Waals surface area contributed by atoms with Crippen LogP contribution in [0, 0.1) is 5.41 Å². The number of nitrogens with two attached hydrogens (primary N) is 1. The lowest BCUT2D eigenvalue weighted by atomic mass is 9.92. The van der Waals surface area contributed by atoms with Crippen LogP contribution in [0.3, 0.4) is 0 Å². The van der Waals surface area contributed by atoms with Crippen LogP contribution in [0.4, 0.5) is 5.69 Å². The van der Waals surface area contributed by atoms with Crippen molar-refractivity contribution in [1.29, 1.82) is 0 Å². The number of rotatable bonds is 4. The first kappa shape index (κ1) is 13.3. The monoisotopic (exact) mass is 238 g/mol. The van der Waals surface area contributed by atoms with E-state index in [1.54, 1.807) is 26.0 Å². The van der Waals surface area contributed by atoms with Gasteiger partial charge in [-0.25, -0.2) is 0 Å². The summed E-state index contributed by atoms with van der Waals surface area (Å²) in [6, 6.07) is 4.68. The standard InChI is InChI=1S/C12H18N2O3/c1-12(2,7-13)11(16)14-9-5-4-8(17-3)6-10(9)15/h4-6,15H,7,13H2,1-3H3,(H,14,16). The number of aromatic hydroxyl groups is 1. The predicted octanol–water partition coefficient (Wildman–Crippen LogP) is 1.32. The number of methoxy groups -OCH3 is 1. The number of ether oxygens (including phenoxy) is 1. The Kier molecular flexibility index (Phi) is 3.96. The second-order valence-electron chi connectivity index (χ2n) is 4.43. The molecular formula is C12H18N2O3. The summed E-state index contributed by atoms with van der Waals surface area (Å²) < 4.78 is 4.95. The molecule has 1 amide bonds. The van der Waals surface area contributed by atoms with Gasteiger partial charge in [-0.1, -0.05) is 0 Å². The molecule has 0 spiro atoms. The summed E-state index contributed by atoms with van der Waals surface area (Å²) in [7, 11) is 1.50. The Labute approximate surface area is 101 Å². The molecule has 0 aliphatic heterocycles. The van der Waals surface area contributed by atoms with E-state index in [4.69, 9.17) is 10.5 Å². The van der Waals surface area contributed by atoms with E-state index in [9.17, 15) is 9.90 Å². The lowest BCUT2D eigenvalue weighted by Gasteiger charge is -2.21. The molecule has 0 fully saturated rings. The fraction of sp³-hybridized carbons (Fsp3) is 0.417. The molecule has 1 aromatic carbocycles. The fourth-order valence-electron chi connectivity index (χ4n) is 1.13. The molecule has 0 atom stereocenters. The molecule has 5 heteroatoms. The molecule has 1 rings (SSSR count). The van der Waals surface area contributed by atoms with Crippen molar-refractivity contribution in [1.82, 2.24) is 0 Å². The highest BCUT2D eigenvalue weighted by molar-refractivity contribution is 5.96. The normalized spacial score (nSPS) is 11.1. The summed E-state index contributed by atoms with van der Waals surface area (Å²) in [5.74, 6) is 0.254. The minimum absolute atomic E-state index is 0.0366. The number of phenolic OH excluding ortho intramolecular Hbond substituents is 1. The second-order valence-corrected chi connectivity index (χ2v) is 4.43. The van der Waals surface area contributed by atoms with Gasteiger partial charge in [0.15, 0.2) is 0 Å². The molecule has 0 saturated heterocycles. The Balaban J connectivity index is 2.86. The average molecular weight is 238 g/mol. The van der Waals surface area contributed by atoms with Gasteiger partial charge in [-0.2, -0.15) is 0 Å². The summed E-state index contributed by atoms with van der Waals surface area (Å²) in [4.78, 5) is 11.8. The lowest BCUT2D eigenvalue weighted by Crippen LogP contribution is -2.37. The fourth-order valence-corrected chi connectivity index (χ4v) is 1.13. The molecule has 0 heterocycles. The Morgan fingerprint density at radius 1 is 1.53 bits per heavy atom. The van der Waals surface area contributed by atoms with E-state index < -0.39 is 5.41 Å². The van der Waals surface area contributed by atoms with E-state index in [1.165, 1.54) is 13.2 Å². The molecule has 0 radical (unpaired) electrons. The maximum atomic E-state index is 11.8. The van der Waals surface area contributed by atoms with Crippen molar-refractivity contribution in [3.05, 3.63) is 18.2 Å². The van der Waals surface area contributed by atoms with Crippen molar-refractivity contribution in [3.8, 4) is 11.5 Å². The summed E-state index contributed by atoms with van der Waals surface area (Å²) in [6.07, 6.45) is 0. The van der Waals surface area contributed by atoms with Gasteiger partial charge in [0.25, 0.3) is 0 Å². The molecule has 0 aromatic heterocycles. The number of amides is 1. The third-order valence-electron chi connectivity index (χ3n) is 2.58. The Morgan fingerprint density at radius 3 is 2.65 bits per heavy atom. The molecule has 4 N–H and O–H groups in total. The number of benzene rings is 1. The third-order valence-corrected chi connectivity index (χ3v) is 2.58. The highest BCUT2D eigenvalue weighted by Gasteiger charge is 2.26. The van der Waals surface area contributed by atoms with Crippen molar-refractivity contribution >= 4 is 11.6 Å². The SMILES string of the molecule is COc1ccc(NC(=O)C(C)(C)CN)c(O)c1.